The summed E-state index contributed by atoms with van der Waals surface area (Å²) in [6, 6.07) is 7.18. The minimum atomic E-state index is -3.38. The fourth-order valence-corrected chi connectivity index (χ4v) is 3.35. The van der Waals surface area contributed by atoms with Crippen molar-refractivity contribution in [1.82, 2.24) is 4.72 Å². The Kier molecular flexibility index (Phi) is 8.85. The van der Waals surface area contributed by atoms with Crippen molar-refractivity contribution < 1.29 is 22.6 Å². The first-order chi connectivity index (χ1) is 11.6. The number of hydrogen-bond donors (Lipinski definition) is 1. The number of rotatable bonds is 11. The van der Waals surface area contributed by atoms with Crippen molar-refractivity contribution in [2.75, 3.05) is 32.9 Å². The molecule has 0 saturated carbocycles. The van der Waals surface area contributed by atoms with Crippen LogP contribution in [0.2, 0.25) is 0 Å². The Labute approximate surface area is 151 Å². The Hall–Kier alpha value is -1.15. The van der Waals surface area contributed by atoms with Gasteiger partial charge in [-0.2, -0.15) is 0 Å². The maximum absolute atomic E-state index is 12.2. The van der Waals surface area contributed by atoms with Crippen molar-refractivity contribution in [2.45, 2.75) is 40.2 Å². The van der Waals surface area contributed by atoms with E-state index in [1.54, 1.807) is 0 Å². The predicted molar refractivity (Wildman–Crippen MR) is 99.2 cm³/mol. The standard InChI is InChI=1S/C18H31NO5S/c1-15(19-25(20,21)11-7-10-23-14-22-5)16-8-6-9-17(12-16)24-13-18(2,3)4/h6,8-9,12,15,19H,7,10-11,13-14H2,1-5H3/t15-/m1/s1. The molecule has 0 heterocycles. The van der Waals surface area contributed by atoms with E-state index in [9.17, 15) is 8.42 Å². The first-order valence-corrected chi connectivity index (χ1v) is 10.1. The molecule has 0 amide bonds. The van der Waals surface area contributed by atoms with Crippen molar-refractivity contribution in [3.05, 3.63) is 29.8 Å². The second-order valence-electron chi connectivity index (χ2n) is 7.25. The summed E-state index contributed by atoms with van der Waals surface area (Å²) >= 11 is 0. The summed E-state index contributed by atoms with van der Waals surface area (Å²) in [6.45, 7) is 9.24. The van der Waals surface area contributed by atoms with Crippen LogP contribution in [0.4, 0.5) is 0 Å². The van der Waals surface area contributed by atoms with Gasteiger partial charge in [-0.1, -0.05) is 32.9 Å². The summed E-state index contributed by atoms with van der Waals surface area (Å²) in [5.74, 6) is 0.757. The van der Waals surface area contributed by atoms with Gasteiger partial charge in [-0.15, -0.1) is 0 Å². The lowest BCUT2D eigenvalue weighted by Crippen LogP contribution is -2.29. The first kappa shape index (κ1) is 21.9. The van der Waals surface area contributed by atoms with Gasteiger partial charge in [0.2, 0.25) is 10.0 Å². The Morgan fingerprint density at radius 1 is 1.24 bits per heavy atom. The second kappa shape index (κ2) is 10.1. The molecule has 0 aromatic heterocycles. The molecule has 1 N–H and O–H groups in total. The molecule has 1 rings (SSSR count). The Balaban J connectivity index is 2.56. The predicted octanol–water partition coefficient (Wildman–Crippen LogP) is 3.10. The molecule has 0 aliphatic rings. The minimum absolute atomic E-state index is 0.0151. The maximum atomic E-state index is 12.2. The highest BCUT2D eigenvalue weighted by molar-refractivity contribution is 7.89. The fraction of sp³-hybridized carbons (Fsp3) is 0.667. The van der Waals surface area contributed by atoms with E-state index in [1.807, 2.05) is 31.2 Å². The van der Waals surface area contributed by atoms with Crippen molar-refractivity contribution in [2.24, 2.45) is 5.41 Å². The molecule has 0 radical (unpaired) electrons. The molecular weight excluding hydrogens is 342 g/mol. The molecule has 6 nitrogen and oxygen atoms in total. The number of nitrogens with one attached hydrogen (secondary N) is 1. The molecule has 0 aliphatic carbocycles. The maximum Gasteiger partial charge on any atom is 0.212 e. The van der Waals surface area contributed by atoms with Crippen LogP contribution in [0.5, 0.6) is 5.75 Å². The summed E-state index contributed by atoms with van der Waals surface area (Å²) in [7, 11) is -1.85. The van der Waals surface area contributed by atoms with Crippen LogP contribution in [0.15, 0.2) is 24.3 Å². The smallest absolute Gasteiger partial charge is 0.212 e. The quantitative estimate of drug-likeness (QED) is 0.477. The molecule has 1 aromatic rings. The van der Waals surface area contributed by atoms with E-state index in [-0.39, 0.29) is 24.0 Å². The molecule has 0 saturated heterocycles. The van der Waals surface area contributed by atoms with Crippen molar-refractivity contribution in [3.8, 4) is 5.75 Å². The van der Waals surface area contributed by atoms with Gasteiger partial charge in [0.15, 0.2) is 0 Å². The molecule has 7 heteroatoms. The van der Waals surface area contributed by atoms with Crippen LogP contribution in [0.1, 0.15) is 45.7 Å². The molecule has 0 bridgehead atoms. The number of ether oxygens (including phenoxy) is 3. The van der Waals surface area contributed by atoms with Crippen LogP contribution in [0.25, 0.3) is 0 Å². The van der Waals surface area contributed by atoms with Gasteiger partial charge in [0.25, 0.3) is 0 Å². The molecular formula is C18H31NO5S. The zero-order valence-corrected chi connectivity index (χ0v) is 16.7. The third-order valence-corrected chi connectivity index (χ3v) is 4.83. The van der Waals surface area contributed by atoms with Crippen LogP contribution in [0, 0.1) is 5.41 Å². The molecule has 0 aliphatic heterocycles. The number of methoxy groups -OCH3 is 1. The van der Waals surface area contributed by atoms with Crippen molar-refractivity contribution >= 4 is 10.0 Å². The lowest BCUT2D eigenvalue weighted by Gasteiger charge is -2.20. The van der Waals surface area contributed by atoms with Crippen LogP contribution in [0.3, 0.4) is 0 Å². The van der Waals surface area contributed by atoms with Crippen LogP contribution in [-0.4, -0.2) is 41.3 Å². The Morgan fingerprint density at radius 3 is 2.60 bits per heavy atom. The van der Waals surface area contributed by atoms with Gasteiger partial charge in [-0.25, -0.2) is 13.1 Å². The number of sulfonamides is 1. The highest BCUT2D eigenvalue weighted by atomic mass is 32.2. The first-order valence-electron chi connectivity index (χ1n) is 8.42. The van der Waals surface area contributed by atoms with Gasteiger partial charge >= 0.3 is 0 Å². The molecule has 1 aromatic carbocycles. The average Bonchev–Trinajstić information content (AvgIpc) is 2.52. The van der Waals surface area contributed by atoms with E-state index in [4.69, 9.17) is 14.2 Å². The van der Waals surface area contributed by atoms with E-state index < -0.39 is 10.0 Å². The normalized spacial score (nSPS) is 13.6. The molecule has 144 valence electrons. The molecule has 0 fully saturated rings. The van der Waals surface area contributed by atoms with Gasteiger partial charge in [-0.3, -0.25) is 0 Å². The highest BCUT2D eigenvalue weighted by Gasteiger charge is 2.17. The summed E-state index contributed by atoms with van der Waals surface area (Å²) in [5, 5.41) is 0. The zero-order chi connectivity index (χ0) is 18.9. The van der Waals surface area contributed by atoms with Crippen molar-refractivity contribution in [1.29, 1.82) is 0 Å². The van der Waals surface area contributed by atoms with Crippen LogP contribution < -0.4 is 9.46 Å². The van der Waals surface area contributed by atoms with Gasteiger partial charge in [0, 0.05) is 13.2 Å². The third kappa shape index (κ3) is 9.79. The van der Waals surface area contributed by atoms with Gasteiger partial charge in [0.05, 0.1) is 19.0 Å². The zero-order valence-electron chi connectivity index (χ0n) is 15.9. The lowest BCUT2D eigenvalue weighted by atomic mass is 9.99. The summed E-state index contributed by atoms with van der Waals surface area (Å²) in [4.78, 5) is 0. The van der Waals surface area contributed by atoms with E-state index >= 15 is 0 Å². The van der Waals surface area contributed by atoms with E-state index in [0.717, 1.165) is 11.3 Å². The van der Waals surface area contributed by atoms with Gasteiger partial charge < -0.3 is 14.2 Å². The lowest BCUT2D eigenvalue weighted by molar-refractivity contribution is -0.0298. The third-order valence-electron chi connectivity index (χ3n) is 3.29. The average molecular weight is 374 g/mol. The van der Waals surface area contributed by atoms with Crippen LogP contribution >= 0.6 is 0 Å². The van der Waals surface area contributed by atoms with E-state index in [0.29, 0.717) is 19.6 Å². The van der Waals surface area contributed by atoms with Gasteiger partial charge in [0.1, 0.15) is 12.5 Å². The minimum Gasteiger partial charge on any atom is -0.493 e. The Morgan fingerprint density at radius 2 is 1.96 bits per heavy atom. The largest absolute Gasteiger partial charge is 0.493 e. The molecule has 0 unspecified atom stereocenters. The number of hydrogen-bond acceptors (Lipinski definition) is 5. The number of benzene rings is 1. The Bertz CT molecular complexity index is 610. The van der Waals surface area contributed by atoms with Crippen LogP contribution in [-0.2, 0) is 19.5 Å². The second-order valence-corrected chi connectivity index (χ2v) is 9.12. The molecule has 0 spiro atoms. The SMILES string of the molecule is COCOCCCS(=O)(=O)N[C@H](C)c1cccc(OCC(C)(C)C)c1. The summed E-state index contributed by atoms with van der Waals surface area (Å²) < 4.78 is 42.7. The molecule has 25 heavy (non-hydrogen) atoms. The monoisotopic (exact) mass is 373 g/mol. The highest BCUT2D eigenvalue weighted by Crippen LogP contribution is 2.22. The summed E-state index contributed by atoms with van der Waals surface area (Å²) in [6.07, 6.45) is 0.417. The molecule has 1 atom stereocenters. The van der Waals surface area contributed by atoms with E-state index in [2.05, 4.69) is 25.5 Å². The van der Waals surface area contributed by atoms with Gasteiger partial charge in [-0.05, 0) is 36.5 Å². The van der Waals surface area contributed by atoms with E-state index in [1.165, 1.54) is 7.11 Å². The van der Waals surface area contributed by atoms with Crippen molar-refractivity contribution in [3.63, 3.8) is 0 Å². The summed E-state index contributed by atoms with van der Waals surface area (Å²) in [5.41, 5.74) is 0.930. The topological polar surface area (TPSA) is 73.9 Å². The fourth-order valence-electron chi connectivity index (χ4n) is 2.06.